The molecule has 0 unspecified atom stereocenters. The Kier molecular flexibility index (Phi) is 2.05. The molecule has 0 saturated carbocycles. The van der Waals surface area contributed by atoms with Gasteiger partial charge in [-0.2, -0.15) is 0 Å². The van der Waals surface area contributed by atoms with Crippen LogP contribution in [0.15, 0.2) is 29.6 Å². The van der Waals surface area contributed by atoms with Crippen LogP contribution in [0.3, 0.4) is 0 Å². The predicted molar refractivity (Wildman–Crippen MR) is 60.2 cm³/mol. The average Bonchev–Trinajstić information content (AvgIpc) is 2.52. The van der Waals surface area contributed by atoms with E-state index < -0.39 is 0 Å². The lowest BCUT2D eigenvalue weighted by atomic mass is 10.1. The van der Waals surface area contributed by atoms with Crippen LogP contribution in [0.25, 0.3) is 10.4 Å². The van der Waals surface area contributed by atoms with Crippen molar-refractivity contribution in [3.8, 4) is 16.2 Å². The fourth-order valence-electron chi connectivity index (χ4n) is 1.28. The van der Waals surface area contributed by atoms with E-state index in [-0.39, 0.29) is 5.75 Å². The summed E-state index contributed by atoms with van der Waals surface area (Å²) in [6.07, 6.45) is 0. The van der Waals surface area contributed by atoms with Crippen molar-refractivity contribution in [1.29, 1.82) is 0 Å². The van der Waals surface area contributed by atoms with Crippen molar-refractivity contribution in [2.24, 2.45) is 0 Å². The average molecular weight is 206 g/mol. The van der Waals surface area contributed by atoms with Crippen LogP contribution in [0.4, 0.5) is 11.4 Å². The number of phenolic OH excluding ortho intramolecular Hbond substituents is 1. The summed E-state index contributed by atoms with van der Waals surface area (Å²) in [5, 5.41) is 11.5. The molecule has 1 aromatic carbocycles. The van der Waals surface area contributed by atoms with Crippen LogP contribution in [-0.2, 0) is 0 Å². The lowest BCUT2D eigenvalue weighted by Crippen LogP contribution is -1.87. The minimum absolute atomic E-state index is 0.166. The van der Waals surface area contributed by atoms with Crippen LogP contribution in [0, 0.1) is 0 Å². The minimum Gasteiger partial charge on any atom is -0.507 e. The van der Waals surface area contributed by atoms with Crippen LogP contribution < -0.4 is 11.5 Å². The Morgan fingerprint density at radius 2 is 1.93 bits per heavy atom. The van der Waals surface area contributed by atoms with E-state index >= 15 is 0 Å². The van der Waals surface area contributed by atoms with Crippen LogP contribution in [-0.4, -0.2) is 5.11 Å². The Morgan fingerprint density at radius 3 is 2.50 bits per heavy atom. The standard InChI is InChI=1S/C10H10N2OS/c11-6-1-2-7(9(13)5-6)10-8(12)3-4-14-10/h1-5,13H,11-12H2. The fourth-order valence-corrected chi connectivity index (χ4v) is 2.13. The van der Waals surface area contributed by atoms with E-state index in [1.165, 1.54) is 17.4 Å². The number of nitrogen functional groups attached to an aromatic ring is 2. The molecule has 2 aromatic rings. The Bertz CT molecular complexity index is 465. The normalized spacial score (nSPS) is 10.3. The summed E-state index contributed by atoms with van der Waals surface area (Å²) in [5.74, 6) is 0.166. The third kappa shape index (κ3) is 1.40. The molecule has 72 valence electrons. The van der Waals surface area contributed by atoms with Gasteiger partial charge in [-0.25, -0.2) is 0 Å². The van der Waals surface area contributed by atoms with Crippen molar-refractivity contribution in [3.63, 3.8) is 0 Å². The molecule has 0 amide bonds. The Hall–Kier alpha value is -1.68. The third-order valence-corrected chi connectivity index (χ3v) is 2.93. The molecule has 14 heavy (non-hydrogen) atoms. The first kappa shape index (κ1) is 8.90. The summed E-state index contributed by atoms with van der Waals surface area (Å²) < 4.78 is 0. The maximum atomic E-state index is 9.66. The van der Waals surface area contributed by atoms with Gasteiger partial charge in [0.1, 0.15) is 5.75 Å². The number of rotatable bonds is 1. The summed E-state index contributed by atoms with van der Waals surface area (Å²) >= 11 is 1.50. The van der Waals surface area contributed by atoms with Gasteiger partial charge < -0.3 is 16.6 Å². The topological polar surface area (TPSA) is 72.3 Å². The second-order valence-corrected chi connectivity index (χ2v) is 3.90. The molecule has 0 spiro atoms. The predicted octanol–water partition coefficient (Wildman–Crippen LogP) is 2.29. The SMILES string of the molecule is Nc1ccc(-c2sccc2N)c(O)c1. The lowest BCUT2D eigenvalue weighted by molar-refractivity contribution is 0.478. The number of benzene rings is 1. The number of hydrogen-bond acceptors (Lipinski definition) is 4. The summed E-state index contributed by atoms with van der Waals surface area (Å²) in [7, 11) is 0. The second-order valence-electron chi connectivity index (χ2n) is 2.98. The third-order valence-electron chi connectivity index (χ3n) is 1.96. The summed E-state index contributed by atoms with van der Waals surface area (Å²) in [5.41, 5.74) is 13.2. The molecule has 3 nitrogen and oxygen atoms in total. The van der Waals surface area contributed by atoms with E-state index in [1.807, 2.05) is 11.4 Å². The highest BCUT2D eigenvalue weighted by Gasteiger charge is 2.08. The molecule has 0 aliphatic heterocycles. The van der Waals surface area contributed by atoms with Gasteiger partial charge in [0, 0.05) is 17.3 Å². The molecule has 0 radical (unpaired) electrons. The first-order valence-electron chi connectivity index (χ1n) is 4.10. The molecule has 1 aromatic heterocycles. The molecule has 1 heterocycles. The quantitative estimate of drug-likeness (QED) is 0.627. The number of hydrogen-bond donors (Lipinski definition) is 3. The summed E-state index contributed by atoms with van der Waals surface area (Å²) in [4.78, 5) is 0.877. The van der Waals surface area contributed by atoms with E-state index in [4.69, 9.17) is 11.5 Å². The minimum atomic E-state index is 0.166. The Labute approximate surface area is 85.6 Å². The van der Waals surface area contributed by atoms with Crippen LogP contribution in [0.1, 0.15) is 0 Å². The maximum absolute atomic E-state index is 9.66. The van der Waals surface area contributed by atoms with Gasteiger partial charge in [-0.1, -0.05) is 0 Å². The first-order chi connectivity index (χ1) is 6.68. The Balaban J connectivity index is 2.58. The van der Waals surface area contributed by atoms with Crippen molar-refractivity contribution >= 4 is 22.7 Å². The number of nitrogens with two attached hydrogens (primary N) is 2. The molecule has 2 rings (SSSR count). The number of phenols is 1. The van der Waals surface area contributed by atoms with Crippen molar-refractivity contribution in [2.45, 2.75) is 0 Å². The summed E-state index contributed by atoms with van der Waals surface area (Å²) in [6.45, 7) is 0. The van der Waals surface area contributed by atoms with E-state index in [0.717, 1.165) is 10.4 Å². The van der Waals surface area contributed by atoms with Crippen LogP contribution >= 0.6 is 11.3 Å². The molecular formula is C10H10N2OS. The van der Waals surface area contributed by atoms with Gasteiger partial charge in [0.2, 0.25) is 0 Å². The molecule has 0 saturated heterocycles. The van der Waals surface area contributed by atoms with Crippen LogP contribution in [0.2, 0.25) is 0 Å². The summed E-state index contributed by atoms with van der Waals surface area (Å²) in [6, 6.07) is 6.85. The zero-order chi connectivity index (χ0) is 10.1. The number of aromatic hydroxyl groups is 1. The van der Waals surface area contributed by atoms with Crippen molar-refractivity contribution in [2.75, 3.05) is 11.5 Å². The molecule has 0 fully saturated rings. The molecule has 5 N–H and O–H groups in total. The molecule has 4 heteroatoms. The zero-order valence-corrected chi connectivity index (χ0v) is 8.21. The van der Waals surface area contributed by atoms with E-state index in [0.29, 0.717) is 11.4 Å². The fraction of sp³-hybridized carbons (Fsp3) is 0. The molecule has 0 aliphatic carbocycles. The highest BCUT2D eigenvalue weighted by atomic mass is 32.1. The van der Waals surface area contributed by atoms with Crippen molar-refractivity contribution in [3.05, 3.63) is 29.6 Å². The molecule has 0 atom stereocenters. The highest BCUT2D eigenvalue weighted by Crippen LogP contribution is 2.37. The van der Waals surface area contributed by atoms with Crippen molar-refractivity contribution < 1.29 is 5.11 Å². The van der Waals surface area contributed by atoms with Gasteiger partial charge >= 0.3 is 0 Å². The smallest absolute Gasteiger partial charge is 0.126 e. The van der Waals surface area contributed by atoms with Gasteiger partial charge in [-0.3, -0.25) is 0 Å². The van der Waals surface area contributed by atoms with Gasteiger partial charge in [0.05, 0.1) is 10.6 Å². The number of anilines is 2. The van der Waals surface area contributed by atoms with Crippen molar-refractivity contribution in [1.82, 2.24) is 0 Å². The Morgan fingerprint density at radius 1 is 1.14 bits per heavy atom. The highest BCUT2D eigenvalue weighted by molar-refractivity contribution is 7.14. The van der Waals surface area contributed by atoms with Gasteiger partial charge in [-0.15, -0.1) is 11.3 Å². The van der Waals surface area contributed by atoms with Gasteiger partial charge in [0.25, 0.3) is 0 Å². The van der Waals surface area contributed by atoms with Gasteiger partial charge in [0.15, 0.2) is 0 Å². The largest absolute Gasteiger partial charge is 0.507 e. The lowest BCUT2D eigenvalue weighted by Gasteiger charge is -2.04. The maximum Gasteiger partial charge on any atom is 0.126 e. The number of thiophene rings is 1. The monoisotopic (exact) mass is 206 g/mol. The van der Waals surface area contributed by atoms with E-state index in [9.17, 15) is 5.11 Å². The molecule has 0 aliphatic rings. The second kappa shape index (κ2) is 3.23. The molecular weight excluding hydrogens is 196 g/mol. The first-order valence-corrected chi connectivity index (χ1v) is 4.98. The van der Waals surface area contributed by atoms with Crippen LogP contribution in [0.5, 0.6) is 5.75 Å². The molecule has 0 bridgehead atoms. The van der Waals surface area contributed by atoms with E-state index in [2.05, 4.69) is 0 Å². The van der Waals surface area contributed by atoms with Gasteiger partial charge in [-0.05, 0) is 23.6 Å². The van der Waals surface area contributed by atoms with E-state index in [1.54, 1.807) is 12.1 Å². The zero-order valence-electron chi connectivity index (χ0n) is 7.40.